The maximum atomic E-state index is 12.7. The van der Waals surface area contributed by atoms with E-state index in [1.807, 2.05) is 4.90 Å². The van der Waals surface area contributed by atoms with Crippen molar-refractivity contribution in [1.82, 2.24) is 14.9 Å². The second kappa shape index (κ2) is 5.38. The molecule has 0 unspecified atom stereocenters. The van der Waals surface area contributed by atoms with Crippen LogP contribution in [0.1, 0.15) is 49.5 Å². The molecule has 2 aliphatic rings. The largest absolute Gasteiger partial charge is 0.382 e. The molecule has 5 heteroatoms. The first-order chi connectivity index (χ1) is 9.68. The molecule has 3 rings (SSSR count). The third kappa shape index (κ3) is 2.25. The van der Waals surface area contributed by atoms with Gasteiger partial charge in [0.1, 0.15) is 0 Å². The molecule has 3 atom stereocenters. The van der Waals surface area contributed by atoms with Gasteiger partial charge in [0.05, 0.1) is 0 Å². The number of hydrogen-bond donors (Lipinski definition) is 1. The fraction of sp³-hybridized carbons (Fsp3) is 0.667. The van der Waals surface area contributed by atoms with Gasteiger partial charge in [-0.2, -0.15) is 0 Å². The molecule has 0 spiro atoms. The summed E-state index contributed by atoms with van der Waals surface area (Å²) in [5, 5.41) is 0. The number of hydrogen-bond acceptors (Lipinski definition) is 4. The van der Waals surface area contributed by atoms with Gasteiger partial charge in [-0.05, 0) is 31.1 Å². The molecule has 0 radical (unpaired) electrons. The first-order valence-electron chi connectivity index (χ1n) is 7.56. The molecule has 1 saturated carbocycles. The van der Waals surface area contributed by atoms with Crippen molar-refractivity contribution in [1.29, 1.82) is 0 Å². The average Bonchev–Trinajstić information content (AvgIpc) is 2.48. The number of piperidine rings is 1. The molecule has 20 heavy (non-hydrogen) atoms. The van der Waals surface area contributed by atoms with Gasteiger partial charge in [0.25, 0.3) is 5.91 Å². The highest BCUT2D eigenvalue weighted by molar-refractivity contribution is 5.96. The molecule has 1 aliphatic heterocycles. The Bertz CT molecular complexity index is 504. The Hall–Kier alpha value is -1.65. The molecule has 2 heterocycles. The summed E-state index contributed by atoms with van der Waals surface area (Å²) < 4.78 is 0. The zero-order valence-corrected chi connectivity index (χ0v) is 12.0. The number of nitrogens with two attached hydrogens (primary N) is 1. The molecular weight excluding hydrogens is 252 g/mol. The van der Waals surface area contributed by atoms with Crippen molar-refractivity contribution >= 4 is 11.7 Å². The van der Waals surface area contributed by atoms with Gasteiger partial charge in [0.15, 0.2) is 11.5 Å². The van der Waals surface area contributed by atoms with E-state index < -0.39 is 0 Å². The molecule has 2 fully saturated rings. The van der Waals surface area contributed by atoms with E-state index in [1.54, 1.807) is 0 Å². The van der Waals surface area contributed by atoms with Gasteiger partial charge in [-0.3, -0.25) is 4.79 Å². The van der Waals surface area contributed by atoms with E-state index in [0.29, 0.717) is 23.6 Å². The summed E-state index contributed by atoms with van der Waals surface area (Å²) in [6.45, 7) is 3.14. The van der Waals surface area contributed by atoms with E-state index >= 15 is 0 Å². The summed E-state index contributed by atoms with van der Waals surface area (Å²) in [4.78, 5) is 22.8. The number of aromatic nitrogens is 2. The predicted octanol–water partition coefficient (Wildman–Crippen LogP) is 2.10. The molecule has 1 aromatic heterocycles. The first-order valence-corrected chi connectivity index (χ1v) is 7.56. The Morgan fingerprint density at radius 1 is 1.25 bits per heavy atom. The van der Waals surface area contributed by atoms with Crippen LogP contribution < -0.4 is 5.73 Å². The number of likely N-dealkylation sites (tertiary alicyclic amines) is 1. The Labute approximate surface area is 119 Å². The van der Waals surface area contributed by atoms with Gasteiger partial charge in [-0.25, -0.2) is 9.97 Å². The molecule has 1 aliphatic carbocycles. The number of nitrogens with zero attached hydrogens (tertiary/aromatic N) is 3. The topological polar surface area (TPSA) is 72.1 Å². The van der Waals surface area contributed by atoms with E-state index in [2.05, 4.69) is 16.9 Å². The van der Waals surface area contributed by atoms with Crippen molar-refractivity contribution in [3.63, 3.8) is 0 Å². The van der Waals surface area contributed by atoms with Crippen LogP contribution in [0.25, 0.3) is 0 Å². The van der Waals surface area contributed by atoms with Crippen molar-refractivity contribution in [2.24, 2.45) is 11.8 Å². The third-order valence-corrected chi connectivity index (χ3v) is 4.93. The van der Waals surface area contributed by atoms with Crippen LogP contribution in [0.5, 0.6) is 0 Å². The summed E-state index contributed by atoms with van der Waals surface area (Å²) in [5.74, 6) is 1.55. The minimum atomic E-state index is -0.0422. The molecule has 1 saturated heterocycles. The Morgan fingerprint density at radius 2 is 2.00 bits per heavy atom. The van der Waals surface area contributed by atoms with E-state index in [9.17, 15) is 4.79 Å². The van der Waals surface area contributed by atoms with E-state index in [0.717, 1.165) is 19.4 Å². The number of amides is 1. The minimum absolute atomic E-state index is 0.0422. The Kier molecular flexibility index (Phi) is 3.59. The lowest BCUT2D eigenvalue weighted by Gasteiger charge is -2.47. The average molecular weight is 274 g/mol. The molecule has 0 aromatic carbocycles. The number of fused-ring (bicyclic) bond motifs is 1. The molecular formula is C15H22N4O. The smallest absolute Gasteiger partial charge is 0.276 e. The summed E-state index contributed by atoms with van der Waals surface area (Å²) in [6, 6.07) is 0.362. The highest BCUT2D eigenvalue weighted by atomic mass is 16.2. The van der Waals surface area contributed by atoms with E-state index in [4.69, 9.17) is 5.73 Å². The molecule has 0 bridgehead atoms. The monoisotopic (exact) mass is 274 g/mol. The molecule has 1 amide bonds. The number of anilines is 1. The van der Waals surface area contributed by atoms with Crippen LogP contribution in [-0.4, -0.2) is 33.4 Å². The fourth-order valence-electron chi connectivity index (χ4n) is 3.82. The number of nitrogen functional groups attached to an aromatic ring is 1. The zero-order chi connectivity index (χ0) is 14.1. The molecule has 2 N–H and O–H groups in total. The van der Waals surface area contributed by atoms with Crippen molar-refractivity contribution in [2.75, 3.05) is 12.3 Å². The number of rotatable bonds is 1. The highest BCUT2D eigenvalue weighted by Gasteiger charge is 2.40. The first kappa shape index (κ1) is 13.3. The van der Waals surface area contributed by atoms with Gasteiger partial charge in [-0.1, -0.05) is 19.8 Å². The highest BCUT2D eigenvalue weighted by Crippen LogP contribution is 2.39. The Balaban J connectivity index is 1.85. The van der Waals surface area contributed by atoms with Crippen molar-refractivity contribution in [3.05, 3.63) is 18.1 Å². The fourth-order valence-corrected chi connectivity index (χ4v) is 3.82. The van der Waals surface area contributed by atoms with Gasteiger partial charge in [0, 0.05) is 25.0 Å². The lowest BCUT2D eigenvalue weighted by molar-refractivity contribution is 0.0214. The van der Waals surface area contributed by atoms with Crippen LogP contribution in [0.2, 0.25) is 0 Å². The maximum Gasteiger partial charge on any atom is 0.276 e. The second-order valence-corrected chi connectivity index (χ2v) is 6.07. The van der Waals surface area contributed by atoms with Gasteiger partial charge in [0.2, 0.25) is 0 Å². The number of carbonyl (C=O) groups excluding carboxylic acids is 1. The van der Waals surface area contributed by atoms with Crippen molar-refractivity contribution in [2.45, 2.75) is 45.1 Å². The molecule has 5 nitrogen and oxygen atoms in total. The summed E-state index contributed by atoms with van der Waals surface area (Å²) in [5.41, 5.74) is 6.11. The lowest BCUT2D eigenvalue weighted by Crippen LogP contribution is -2.52. The maximum absolute atomic E-state index is 12.7. The predicted molar refractivity (Wildman–Crippen MR) is 77.0 cm³/mol. The SMILES string of the molecule is C[C@@H]1CCN(C(=O)c2nccnc2N)[C@@H]2CCCC[C@@H]12. The van der Waals surface area contributed by atoms with Crippen molar-refractivity contribution in [3.8, 4) is 0 Å². The molecule has 1 aromatic rings. The van der Waals surface area contributed by atoms with Crippen LogP contribution in [0.3, 0.4) is 0 Å². The Morgan fingerprint density at radius 3 is 2.80 bits per heavy atom. The number of carbonyl (C=O) groups is 1. The van der Waals surface area contributed by atoms with Crippen LogP contribution in [0.4, 0.5) is 5.82 Å². The minimum Gasteiger partial charge on any atom is -0.382 e. The normalized spacial score (nSPS) is 29.9. The summed E-state index contributed by atoms with van der Waals surface area (Å²) in [7, 11) is 0. The van der Waals surface area contributed by atoms with Crippen LogP contribution in [0, 0.1) is 11.8 Å². The summed E-state index contributed by atoms with van der Waals surface area (Å²) in [6.07, 6.45) is 9.00. The van der Waals surface area contributed by atoms with Crippen LogP contribution >= 0.6 is 0 Å². The van der Waals surface area contributed by atoms with Gasteiger partial charge in [-0.15, -0.1) is 0 Å². The zero-order valence-electron chi connectivity index (χ0n) is 12.0. The quantitative estimate of drug-likeness (QED) is 0.851. The summed E-state index contributed by atoms with van der Waals surface area (Å²) >= 11 is 0. The van der Waals surface area contributed by atoms with E-state index in [1.165, 1.54) is 31.7 Å². The lowest BCUT2D eigenvalue weighted by atomic mass is 9.72. The van der Waals surface area contributed by atoms with Crippen molar-refractivity contribution < 1.29 is 4.79 Å². The van der Waals surface area contributed by atoms with Crippen LogP contribution in [0.15, 0.2) is 12.4 Å². The van der Waals surface area contributed by atoms with Crippen LogP contribution in [-0.2, 0) is 0 Å². The third-order valence-electron chi connectivity index (χ3n) is 4.93. The molecule has 108 valence electrons. The van der Waals surface area contributed by atoms with Gasteiger partial charge < -0.3 is 10.6 Å². The van der Waals surface area contributed by atoms with Gasteiger partial charge >= 0.3 is 0 Å². The second-order valence-electron chi connectivity index (χ2n) is 6.07. The van der Waals surface area contributed by atoms with E-state index in [-0.39, 0.29) is 11.7 Å². The standard InChI is InChI=1S/C15H22N4O/c1-10-6-9-19(12-5-3-2-4-11(10)12)15(20)13-14(16)18-8-7-17-13/h7-8,10-12H,2-6,9H2,1H3,(H2,16,18)/t10-,11+,12-/m1/s1.